The second-order valence-electron chi connectivity index (χ2n) is 5.50. The highest BCUT2D eigenvalue weighted by atomic mass is 32.2. The van der Waals surface area contributed by atoms with E-state index in [9.17, 15) is 4.79 Å². The fourth-order valence-electron chi connectivity index (χ4n) is 3.05. The molecule has 6 heteroatoms. The fraction of sp³-hybridized carbons (Fsp3) is 0.714. The summed E-state index contributed by atoms with van der Waals surface area (Å²) < 4.78 is 0. The van der Waals surface area contributed by atoms with Crippen LogP contribution >= 0.6 is 23.1 Å². The summed E-state index contributed by atoms with van der Waals surface area (Å²) in [5.41, 5.74) is 2.96. The second kappa shape index (κ2) is 6.45. The lowest BCUT2D eigenvalue weighted by Gasteiger charge is -2.30. The first kappa shape index (κ1) is 14.4. The standard InChI is InChI=1S/C14H21N3OS2/c1-15-12-13-11(16-9-20-13)4-5-17(14(12)18)7-10-3-2-6-19-8-10/h9-10,12,15H,2-8H2,1H3. The molecule has 0 bridgehead atoms. The lowest BCUT2D eigenvalue weighted by atomic mass is 10.0. The molecule has 1 fully saturated rings. The number of hydrogen-bond acceptors (Lipinski definition) is 5. The van der Waals surface area contributed by atoms with Gasteiger partial charge in [0.15, 0.2) is 0 Å². The predicted octanol–water partition coefficient (Wildman–Crippen LogP) is 1.93. The Hall–Kier alpha value is -0.590. The summed E-state index contributed by atoms with van der Waals surface area (Å²) in [6.07, 6.45) is 3.45. The second-order valence-corrected chi connectivity index (χ2v) is 7.54. The average molecular weight is 311 g/mol. The van der Waals surface area contributed by atoms with E-state index in [1.54, 1.807) is 11.3 Å². The smallest absolute Gasteiger partial charge is 0.245 e. The van der Waals surface area contributed by atoms with Crippen LogP contribution in [0, 0.1) is 5.92 Å². The number of hydrogen-bond donors (Lipinski definition) is 1. The van der Waals surface area contributed by atoms with Crippen LogP contribution in [0.1, 0.15) is 29.5 Å². The summed E-state index contributed by atoms with van der Waals surface area (Å²) in [6, 6.07) is -0.198. The van der Waals surface area contributed by atoms with Gasteiger partial charge >= 0.3 is 0 Å². The molecule has 1 N–H and O–H groups in total. The third kappa shape index (κ3) is 2.87. The number of nitrogens with zero attached hydrogens (tertiary/aromatic N) is 2. The van der Waals surface area contributed by atoms with Crippen molar-refractivity contribution >= 4 is 29.0 Å². The summed E-state index contributed by atoms with van der Waals surface area (Å²) >= 11 is 3.63. The number of aromatic nitrogens is 1. The molecule has 3 rings (SSSR count). The normalized spacial score (nSPS) is 27.2. The zero-order valence-electron chi connectivity index (χ0n) is 11.8. The van der Waals surface area contributed by atoms with E-state index in [0.29, 0.717) is 5.92 Å². The molecule has 0 radical (unpaired) electrons. The van der Waals surface area contributed by atoms with Crippen molar-refractivity contribution in [1.29, 1.82) is 0 Å². The maximum Gasteiger partial charge on any atom is 0.245 e. The van der Waals surface area contributed by atoms with E-state index in [4.69, 9.17) is 0 Å². The maximum atomic E-state index is 12.7. The van der Waals surface area contributed by atoms with Crippen LogP contribution in [0.4, 0.5) is 0 Å². The van der Waals surface area contributed by atoms with Crippen molar-refractivity contribution in [2.45, 2.75) is 25.3 Å². The summed E-state index contributed by atoms with van der Waals surface area (Å²) in [5, 5.41) is 3.18. The molecule has 3 heterocycles. The Balaban J connectivity index is 1.73. The summed E-state index contributed by atoms with van der Waals surface area (Å²) in [4.78, 5) is 20.3. The number of amides is 1. The Labute approximate surface area is 128 Å². The molecule has 0 aliphatic carbocycles. The highest BCUT2D eigenvalue weighted by Crippen LogP contribution is 2.29. The molecule has 0 spiro atoms. The van der Waals surface area contributed by atoms with E-state index in [1.165, 1.54) is 24.3 Å². The number of rotatable bonds is 3. The van der Waals surface area contributed by atoms with Gasteiger partial charge in [0, 0.05) is 19.5 Å². The molecular weight excluding hydrogens is 290 g/mol. The minimum Gasteiger partial charge on any atom is -0.340 e. The Morgan fingerprint density at radius 3 is 3.20 bits per heavy atom. The van der Waals surface area contributed by atoms with Gasteiger partial charge in [-0.3, -0.25) is 4.79 Å². The molecule has 1 saturated heterocycles. The average Bonchev–Trinajstić information content (AvgIpc) is 2.89. The van der Waals surface area contributed by atoms with Gasteiger partial charge < -0.3 is 10.2 Å². The van der Waals surface area contributed by atoms with Crippen molar-refractivity contribution in [3.05, 3.63) is 16.1 Å². The van der Waals surface area contributed by atoms with E-state index < -0.39 is 0 Å². The van der Waals surface area contributed by atoms with Gasteiger partial charge in [-0.1, -0.05) is 0 Å². The van der Waals surface area contributed by atoms with E-state index in [0.717, 1.165) is 30.1 Å². The summed E-state index contributed by atoms with van der Waals surface area (Å²) in [7, 11) is 1.87. The van der Waals surface area contributed by atoms with Crippen molar-refractivity contribution in [3.8, 4) is 0 Å². The van der Waals surface area contributed by atoms with Crippen LogP contribution in [0.5, 0.6) is 0 Å². The molecular formula is C14H21N3OS2. The molecule has 0 aromatic carbocycles. The molecule has 1 aromatic heterocycles. The molecule has 0 saturated carbocycles. The minimum atomic E-state index is -0.198. The summed E-state index contributed by atoms with van der Waals surface area (Å²) in [5.74, 6) is 3.38. The van der Waals surface area contributed by atoms with Crippen LogP contribution in [0.3, 0.4) is 0 Å². The number of carbonyl (C=O) groups is 1. The van der Waals surface area contributed by atoms with E-state index in [1.807, 2.05) is 24.3 Å². The highest BCUT2D eigenvalue weighted by molar-refractivity contribution is 7.99. The third-order valence-corrected chi connectivity index (χ3v) is 6.35. The number of fused-ring (bicyclic) bond motifs is 1. The Morgan fingerprint density at radius 2 is 2.45 bits per heavy atom. The highest BCUT2D eigenvalue weighted by Gasteiger charge is 2.32. The predicted molar refractivity (Wildman–Crippen MR) is 84.2 cm³/mol. The first-order chi connectivity index (χ1) is 9.79. The lowest BCUT2D eigenvalue weighted by molar-refractivity contribution is -0.133. The monoisotopic (exact) mass is 311 g/mol. The number of carbonyl (C=O) groups excluding carboxylic acids is 1. The molecule has 110 valence electrons. The van der Waals surface area contributed by atoms with Gasteiger partial charge in [0.25, 0.3) is 0 Å². The van der Waals surface area contributed by atoms with Crippen LogP contribution in [-0.2, 0) is 11.2 Å². The SMILES string of the molecule is CNC1C(=O)N(CC2CCCSC2)CCc2ncsc21. The Bertz CT molecular complexity index is 471. The molecule has 2 atom stereocenters. The van der Waals surface area contributed by atoms with Crippen LogP contribution in [0.25, 0.3) is 0 Å². The quantitative estimate of drug-likeness (QED) is 0.926. The number of thioether (sulfide) groups is 1. The van der Waals surface area contributed by atoms with Crippen LogP contribution < -0.4 is 5.32 Å². The molecule has 20 heavy (non-hydrogen) atoms. The van der Waals surface area contributed by atoms with Gasteiger partial charge in [-0.2, -0.15) is 11.8 Å². The Kier molecular flexibility index (Phi) is 4.63. The van der Waals surface area contributed by atoms with Gasteiger partial charge in [0.1, 0.15) is 6.04 Å². The largest absolute Gasteiger partial charge is 0.340 e. The molecule has 4 nitrogen and oxygen atoms in total. The van der Waals surface area contributed by atoms with Crippen molar-refractivity contribution in [1.82, 2.24) is 15.2 Å². The number of likely N-dealkylation sites (N-methyl/N-ethyl adjacent to an activating group) is 1. The van der Waals surface area contributed by atoms with Gasteiger partial charge in [-0.15, -0.1) is 11.3 Å². The number of thiazole rings is 1. The van der Waals surface area contributed by atoms with E-state index in [2.05, 4.69) is 15.2 Å². The lowest BCUT2D eigenvalue weighted by Crippen LogP contribution is -2.42. The van der Waals surface area contributed by atoms with Crippen molar-refractivity contribution < 1.29 is 4.79 Å². The van der Waals surface area contributed by atoms with E-state index >= 15 is 0 Å². The van der Waals surface area contributed by atoms with Crippen molar-refractivity contribution in [2.75, 3.05) is 31.6 Å². The molecule has 1 amide bonds. The van der Waals surface area contributed by atoms with E-state index in [-0.39, 0.29) is 11.9 Å². The first-order valence-corrected chi connectivity index (χ1v) is 9.29. The molecule has 2 aliphatic heterocycles. The molecule has 1 aromatic rings. The zero-order valence-corrected chi connectivity index (χ0v) is 13.4. The van der Waals surface area contributed by atoms with Crippen LogP contribution in [0.15, 0.2) is 5.51 Å². The van der Waals surface area contributed by atoms with Gasteiger partial charge in [0.2, 0.25) is 5.91 Å². The maximum absolute atomic E-state index is 12.7. The molecule has 2 unspecified atom stereocenters. The van der Waals surface area contributed by atoms with Gasteiger partial charge in [-0.25, -0.2) is 4.98 Å². The zero-order chi connectivity index (χ0) is 13.9. The minimum absolute atomic E-state index is 0.198. The number of nitrogens with one attached hydrogen (secondary N) is 1. The van der Waals surface area contributed by atoms with Gasteiger partial charge in [-0.05, 0) is 37.3 Å². The third-order valence-electron chi connectivity index (χ3n) is 4.13. The molecule has 2 aliphatic rings. The topological polar surface area (TPSA) is 45.2 Å². The fourth-order valence-corrected chi connectivity index (χ4v) is 5.13. The van der Waals surface area contributed by atoms with Crippen LogP contribution in [0.2, 0.25) is 0 Å². The Morgan fingerprint density at radius 1 is 1.55 bits per heavy atom. The van der Waals surface area contributed by atoms with Crippen LogP contribution in [-0.4, -0.2) is 47.4 Å². The van der Waals surface area contributed by atoms with Gasteiger partial charge in [0.05, 0.1) is 16.1 Å². The van der Waals surface area contributed by atoms with Crippen molar-refractivity contribution in [3.63, 3.8) is 0 Å². The van der Waals surface area contributed by atoms with Crippen molar-refractivity contribution in [2.24, 2.45) is 5.92 Å². The first-order valence-electron chi connectivity index (χ1n) is 7.25. The summed E-state index contributed by atoms with van der Waals surface area (Å²) in [6.45, 7) is 1.73.